The fraction of sp³-hybridized carbons (Fsp3) is 0. The van der Waals surface area contributed by atoms with Crippen molar-refractivity contribution in [2.24, 2.45) is 0 Å². The Kier molecular flexibility index (Phi) is 7.92. The Morgan fingerprint density at radius 3 is 1.27 bits per heavy atom. The molecular weight excluding hydrogens is 615 g/mol. The van der Waals surface area contributed by atoms with Crippen LogP contribution in [0.25, 0.3) is 66.1 Å². The van der Waals surface area contributed by atoms with Crippen molar-refractivity contribution < 1.29 is 0 Å². The molecule has 0 aliphatic carbocycles. The van der Waals surface area contributed by atoms with Crippen LogP contribution in [0.15, 0.2) is 212 Å². The summed E-state index contributed by atoms with van der Waals surface area (Å²) in [5, 5.41) is 5.00. The lowest BCUT2D eigenvalue weighted by atomic mass is 9.96. The van der Waals surface area contributed by atoms with E-state index in [9.17, 15) is 0 Å². The zero-order chi connectivity index (χ0) is 34.0. The summed E-state index contributed by atoms with van der Waals surface area (Å²) in [6.45, 7) is 0. The SMILES string of the molecule is c1ccc(-c2cc(-c3ccccc3)cc(N(c3ccc(-c4cccc5ccccc45)cc3)c3cccc(-c4cccc5ccccc45)c3)c2)cc1. The van der Waals surface area contributed by atoms with Gasteiger partial charge in [0.15, 0.2) is 0 Å². The van der Waals surface area contributed by atoms with Gasteiger partial charge in [0.1, 0.15) is 0 Å². The summed E-state index contributed by atoms with van der Waals surface area (Å²) in [5.41, 5.74) is 12.9. The number of hydrogen-bond acceptors (Lipinski definition) is 1. The summed E-state index contributed by atoms with van der Waals surface area (Å²) in [6, 6.07) is 76.7. The van der Waals surface area contributed by atoms with Crippen LogP contribution >= 0.6 is 0 Å². The molecule has 1 heteroatoms. The molecule has 0 saturated heterocycles. The molecule has 0 aromatic heterocycles. The molecule has 51 heavy (non-hydrogen) atoms. The summed E-state index contributed by atoms with van der Waals surface area (Å²) in [4.78, 5) is 2.40. The van der Waals surface area contributed by atoms with Crippen molar-refractivity contribution in [1.82, 2.24) is 0 Å². The highest BCUT2D eigenvalue weighted by atomic mass is 15.1. The van der Waals surface area contributed by atoms with Gasteiger partial charge in [0.2, 0.25) is 0 Å². The average molecular weight is 650 g/mol. The molecule has 0 radical (unpaired) electrons. The zero-order valence-corrected chi connectivity index (χ0v) is 28.2. The maximum Gasteiger partial charge on any atom is 0.0473 e. The van der Waals surface area contributed by atoms with Crippen molar-refractivity contribution in [3.8, 4) is 44.5 Å². The maximum atomic E-state index is 2.40. The molecule has 9 aromatic rings. The van der Waals surface area contributed by atoms with Gasteiger partial charge in [0.25, 0.3) is 0 Å². The van der Waals surface area contributed by atoms with E-state index in [0.29, 0.717) is 0 Å². The molecule has 0 unspecified atom stereocenters. The summed E-state index contributed by atoms with van der Waals surface area (Å²) < 4.78 is 0. The molecule has 0 amide bonds. The predicted molar refractivity (Wildman–Crippen MR) is 218 cm³/mol. The first-order valence-corrected chi connectivity index (χ1v) is 17.5. The lowest BCUT2D eigenvalue weighted by Gasteiger charge is -2.28. The number of benzene rings is 9. The van der Waals surface area contributed by atoms with Crippen molar-refractivity contribution in [2.75, 3.05) is 4.90 Å². The monoisotopic (exact) mass is 649 g/mol. The first-order valence-electron chi connectivity index (χ1n) is 17.5. The van der Waals surface area contributed by atoms with E-state index in [1.807, 2.05) is 0 Å². The van der Waals surface area contributed by atoms with Crippen LogP contribution in [0, 0.1) is 0 Å². The van der Waals surface area contributed by atoms with E-state index in [4.69, 9.17) is 0 Å². The van der Waals surface area contributed by atoms with Gasteiger partial charge in [-0.3, -0.25) is 0 Å². The fourth-order valence-corrected chi connectivity index (χ4v) is 7.34. The minimum absolute atomic E-state index is 1.10. The normalized spacial score (nSPS) is 11.1. The molecule has 0 N–H and O–H groups in total. The van der Waals surface area contributed by atoms with E-state index >= 15 is 0 Å². The summed E-state index contributed by atoms with van der Waals surface area (Å²) in [6.07, 6.45) is 0. The molecule has 0 bridgehead atoms. The lowest BCUT2D eigenvalue weighted by Crippen LogP contribution is -2.10. The molecular formula is C50H35N. The first-order chi connectivity index (χ1) is 25.3. The Bertz CT molecular complexity index is 2550. The van der Waals surface area contributed by atoms with Crippen LogP contribution in [-0.4, -0.2) is 0 Å². The number of hydrogen-bond donors (Lipinski definition) is 0. The molecule has 1 nitrogen and oxygen atoms in total. The van der Waals surface area contributed by atoms with E-state index in [0.717, 1.165) is 17.1 Å². The molecule has 0 aliphatic rings. The minimum atomic E-state index is 1.10. The van der Waals surface area contributed by atoms with E-state index in [1.165, 1.54) is 66.1 Å². The molecule has 0 spiro atoms. The van der Waals surface area contributed by atoms with Crippen LogP contribution in [0.5, 0.6) is 0 Å². The van der Waals surface area contributed by atoms with Crippen LogP contribution in [0.1, 0.15) is 0 Å². The molecule has 240 valence electrons. The molecule has 9 aromatic carbocycles. The van der Waals surface area contributed by atoms with E-state index in [1.54, 1.807) is 0 Å². The van der Waals surface area contributed by atoms with E-state index in [2.05, 4.69) is 217 Å². The van der Waals surface area contributed by atoms with Gasteiger partial charge in [-0.15, -0.1) is 0 Å². The summed E-state index contributed by atoms with van der Waals surface area (Å²) >= 11 is 0. The highest BCUT2D eigenvalue weighted by Crippen LogP contribution is 2.42. The van der Waals surface area contributed by atoms with Crippen molar-refractivity contribution in [1.29, 1.82) is 0 Å². The van der Waals surface area contributed by atoms with Crippen LogP contribution in [-0.2, 0) is 0 Å². The third-order valence-electron chi connectivity index (χ3n) is 9.82. The van der Waals surface area contributed by atoms with Crippen molar-refractivity contribution in [3.63, 3.8) is 0 Å². The van der Waals surface area contributed by atoms with Crippen LogP contribution < -0.4 is 4.90 Å². The quantitative estimate of drug-likeness (QED) is 0.166. The van der Waals surface area contributed by atoms with Gasteiger partial charge in [-0.1, -0.05) is 170 Å². The van der Waals surface area contributed by atoms with Crippen molar-refractivity contribution >= 4 is 38.6 Å². The average Bonchev–Trinajstić information content (AvgIpc) is 3.21. The Morgan fingerprint density at radius 2 is 0.686 bits per heavy atom. The Hall–Kier alpha value is -6.70. The largest absolute Gasteiger partial charge is 0.310 e. The molecule has 0 heterocycles. The van der Waals surface area contributed by atoms with Crippen LogP contribution in [0.2, 0.25) is 0 Å². The van der Waals surface area contributed by atoms with Gasteiger partial charge in [-0.25, -0.2) is 0 Å². The molecule has 0 fully saturated rings. The van der Waals surface area contributed by atoms with E-state index in [-0.39, 0.29) is 0 Å². The van der Waals surface area contributed by atoms with Gasteiger partial charge in [-0.05, 0) is 109 Å². The third kappa shape index (κ3) is 5.96. The molecule has 0 saturated carbocycles. The number of anilines is 3. The standard InChI is InChI=1S/C50H35N/c1-3-14-36(15-4-1)42-32-43(37-16-5-2-6-17-37)35-46(34-42)51(44-30-28-40(29-31-44)49-26-12-20-38-18-7-9-24-47(38)49)45-23-11-22-41(33-45)50-27-13-21-39-19-8-10-25-48(39)50/h1-35H. The first kappa shape index (κ1) is 30.4. The predicted octanol–water partition coefficient (Wildman–Crippen LogP) is 14.1. The van der Waals surface area contributed by atoms with Crippen molar-refractivity contribution in [2.45, 2.75) is 0 Å². The van der Waals surface area contributed by atoms with Gasteiger partial charge < -0.3 is 4.90 Å². The highest BCUT2D eigenvalue weighted by Gasteiger charge is 2.17. The van der Waals surface area contributed by atoms with Crippen LogP contribution in [0.4, 0.5) is 17.1 Å². The zero-order valence-electron chi connectivity index (χ0n) is 28.2. The van der Waals surface area contributed by atoms with Crippen molar-refractivity contribution in [3.05, 3.63) is 212 Å². The second-order valence-electron chi connectivity index (χ2n) is 13.0. The van der Waals surface area contributed by atoms with Gasteiger partial charge in [-0.2, -0.15) is 0 Å². The Balaban J connectivity index is 1.24. The smallest absolute Gasteiger partial charge is 0.0473 e. The number of rotatable bonds is 7. The Morgan fingerprint density at radius 1 is 0.235 bits per heavy atom. The number of nitrogens with zero attached hydrogens (tertiary/aromatic N) is 1. The second kappa shape index (κ2) is 13.3. The topological polar surface area (TPSA) is 3.24 Å². The minimum Gasteiger partial charge on any atom is -0.310 e. The maximum absolute atomic E-state index is 2.40. The second-order valence-corrected chi connectivity index (χ2v) is 13.0. The highest BCUT2D eigenvalue weighted by molar-refractivity contribution is 5.99. The van der Waals surface area contributed by atoms with Crippen LogP contribution in [0.3, 0.4) is 0 Å². The molecule has 0 atom stereocenters. The number of fused-ring (bicyclic) bond motifs is 2. The van der Waals surface area contributed by atoms with Gasteiger partial charge >= 0.3 is 0 Å². The molecule has 0 aliphatic heterocycles. The Labute approximate surface area is 299 Å². The third-order valence-corrected chi connectivity index (χ3v) is 9.82. The molecule has 9 rings (SSSR count). The fourth-order valence-electron chi connectivity index (χ4n) is 7.34. The van der Waals surface area contributed by atoms with Gasteiger partial charge in [0, 0.05) is 17.1 Å². The van der Waals surface area contributed by atoms with Gasteiger partial charge in [0.05, 0.1) is 0 Å². The summed E-state index contributed by atoms with van der Waals surface area (Å²) in [7, 11) is 0. The lowest BCUT2D eigenvalue weighted by molar-refractivity contribution is 1.28. The van der Waals surface area contributed by atoms with E-state index < -0.39 is 0 Å². The summed E-state index contributed by atoms with van der Waals surface area (Å²) in [5.74, 6) is 0.